The van der Waals surface area contributed by atoms with Crippen LogP contribution in [0.1, 0.15) is 5.56 Å². The van der Waals surface area contributed by atoms with Gasteiger partial charge in [0.2, 0.25) is 0 Å². The number of nitriles is 2. The minimum atomic E-state index is 0.172. The number of hydrogen-bond acceptors (Lipinski definition) is 4. The van der Waals surface area contributed by atoms with Crippen LogP contribution in [0.25, 0.3) is 0 Å². The van der Waals surface area contributed by atoms with Gasteiger partial charge in [-0.3, -0.25) is 0 Å². The molecule has 0 fully saturated rings. The highest BCUT2D eigenvalue weighted by Gasteiger charge is 2.00. The van der Waals surface area contributed by atoms with E-state index in [1.54, 1.807) is 12.1 Å². The molecule has 0 atom stereocenters. The lowest BCUT2D eigenvalue weighted by molar-refractivity contribution is 0.373. The second-order valence-electron chi connectivity index (χ2n) is 2.72. The van der Waals surface area contributed by atoms with Crippen LogP contribution in [0.3, 0.4) is 0 Å². The van der Waals surface area contributed by atoms with Crippen molar-refractivity contribution in [2.75, 3.05) is 7.11 Å². The van der Waals surface area contributed by atoms with Crippen molar-refractivity contribution < 1.29 is 9.84 Å². The van der Waals surface area contributed by atoms with E-state index in [2.05, 4.69) is 6.58 Å². The molecule has 0 saturated carbocycles. The summed E-state index contributed by atoms with van der Waals surface area (Å²) in [6, 6.07) is 7.74. The maximum atomic E-state index is 9.25. The number of phenolic OH excluding ortho intramolecular Hbond substituents is 1. The third-order valence-electron chi connectivity index (χ3n) is 1.67. The summed E-state index contributed by atoms with van der Waals surface area (Å²) in [7, 11) is 1.53. The first kappa shape index (κ1) is 13.5. The Labute approximate surface area is 94.6 Å². The fraction of sp³-hybridized carbons (Fsp3) is 0.167. The van der Waals surface area contributed by atoms with Crippen LogP contribution in [0.5, 0.6) is 11.5 Å². The van der Waals surface area contributed by atoms with E-state index in [1.807, 2.05) is 12.1 Å². The summed E-state index contributed by atoms with van der Waals surface area (Å²) in [4.78, 5) is 0. The third-order valence-corrected chi connectivity index (χ3v) is 1.67. The van der Waals surface area contributed by atoms with Gasteiger partial charge in [-0.05, 0) is 24.1 Å². The molecule has 0 unspecified atom stereocenters. The largest absolute Gasteiger partial charge is 0.504 e. The Morgan fingerprint density at radius 1 is 1.44 bits per heavy atom. The van der Waals surface area contributed by atoms with E-state index >= 15 is 0 Å². The maximum Gasteiger partial charge on any atom is 0.181 e. The topological polar surface area (TPSA) is 77.0 Å². The van der Waals surface area contributed by atoms with Gasteiger partial charge in [0.15, 0.2) is 23.6 Å². The molecule has 16 heavy (non-hydrogen) atoms. The van der Waals surface area contributed by atoms with Gasteiger partial charge in [-0.2, -0.15) is 10.5 Å². The molecule has 0 aromatic heterocycles. The molecule has 0 aliphatic carbocycles. The van der Waals surface area contributed by atoms with Crippen molar-refractivity contribution in [1.29, 1.82) is 10.5 Å². The predicted molar refractivity (Wildman–Crippen MR) is 59.8 cm³/mol. The summed E-state index contributed by atoms with van der Waals surface area (Å²) >= 11 is 0. The molecule has 0 radical (unpaired) electrons. The molecule has 82 valence electrons. The molecule has 0 aliphatic rings. The summed E-state index contributed by atoms with van der Waals surface area (Å²) in [5.41, 5.74) is 1.08. The molecule has 0 heterocycles. The van der Waals surface area contributed by atoms with E-state index in [4.69, 9.17) is 15.3 Å². The van der Waals surface area contributed by atoms with Gasteiger partial charge in [-0.15, -0.1) is 6.58 Å². The van der Waals surface area contributed by atoms with Crippen molar-refractivity contribution in [3.05, 3.63) is 36.4 Å². The minimum Gasteiger partial charge on any atom is -0.504 e. The van der Waals surface area contributed by atoms with Crippen molar-refractivity contribution in [1.82, 2.24) is 0 Å². The van der Waals surface area contributed by atoms with Crippen LogP contribution in [0.4, 0.5) is 0 Å². The molecular weight excluding hydrogens is 204 g/mol. The van der Waals surface area contributed by atoms with E-state index in [0.717, 1.165) is 12.0 Å². The molecule has 0 bridgehead atoms. The molecule has 4 nitrogen and oxygen atoms in total. The highest BCUT2D eigenvalue weighted by atomic mass is 16.5. The van der Waals surface area contributed by atoms with Crippen LogP contribution in [0, 0.1) is 22.7 Å². The zero-order valence-electron chi connectivity index (χ0n) is 8.97. The predicted octanol–water partition coefficient (Wildman–Crippen LogP) is 2.16. The summed E-state index contributed by atoms with van der Waals surface area (Å²) in [6.07, 6.45) is 2.60. The average Bonchev–Trinajstić information content (AvgIpc) is 2.32. The quantitative estimate of drug-likeness (QED) is 0.785. The highest BCUT2D eigenvalue weighted by Crippen LogP contribution is 2.26. The van der Waals surface area contributed by atoms with Gasteiger partial charge in [0.1, 0.15) is 0 Å². The number of nitrogens with zero attached hydrogens (tertiary/aromatic N) is 2. The molecule has 0 spiro atoms. The van der Waals surface area contributed by atoms with Gasteiger partial charge in [-0.25, -0.2) is 0 Å². The van der Waals surface area contributed by atoms with E-state index in [0.29, 0.717) is 5.75 Å². The minimum absolute atomic E-state index is 0.172. The van der Waals surface area contributed by atoms with Gasteiger partial charge in [0.25, 0.3) is 0 Å². The van der Waals surface area contributed by atoms with Gasteiger partial charge in [-0.1, -0.05) is 12.1 Å². The van der Waals surface area contributed by atoms with Crippen molar-refractivity contribution >= 4 is 0 Å². The van der Waals surface area contributed by atoms with Crippen molar-refractivity contribution in [2.45, 2.75) is 6.42 Å². The van der Waals surface area contributed by atoms with Crippen LogP contribution in [0.15, 0.2) is 30.9 Å². The van der Waals surface area contributed by atoms with E-state index < -0.39 is 0 Å². The first-order valence-electron chi connectivity index (χ1n) is 4.44. The Kier molecular flexibility index (Phi) is 6.68. The van der Waals surface area contributed by atoms with Crippen LogP contribution in [-0.4, -0.2) is 12.2 Å². The molecule has 1 aromatic carbocycles. The van der Waals surface area contributed by atoms with Gasteiger partial charge in [0, 0.05) is 0 Å². The number of aromatic hydroxyl groups is 1. The Morgan fingerprint density at radius 3 is 2.50 bits per heavy atom. The lowest BCUT2D eigenvalue weighted by Crippen LogP contribution is -1.86. The van der Waals surface area contributed by atoms with E-state index in [1.165, 1.54) is 19.2 Å². The fourth-order valence-electron chi connectivity index (χ4n) is 1.02. The zero-order valence-corrected chi connectivity index (χ0v) is 8.97. The Bertz CT molecular complexity index is 416. The smallest absolute Gasteiger partial charge is 0.181 e. The Balaban J connectivity index is 0.000000487. The normalized spacial score (nSPS) is 7.69. The lowest BCUT2D eigenvalue weighted by atomic mass is 10.1. The number of benzene rings is 1. The zero-order chi connectivity index (χ0) is 12.4. The summed E-state index contributed by atoms with van der Waals surface area (Å²) in [6.45, 7) is 3.63. The van der Waals surface area contributed by atoms with Crippen LogP contribution >= 0.6 is 0 Å². The van der Waals surface area contributed by atoms with Crippen molar-refractivity contribution in [2.24, 2.45) is 0 Å². The Hall–Kier alpha value is -2.46. The summed E-state index contributed by atoms with van der Waals surface area (Å²) in [5.74, 6) is 0.680. The average molecular weight is 216 g/mol. The molecule has 0 aliphatic heterocycles. The molecule has 0 amide bonds. The second kappa shape index (κ2) is 7.90. The fourth-order valence-corrected chi connectivity index (χ4v) is 1.02. The summed E-state index contributed by atoms with van der Waals surface area (Å²) < 4.78 is 4.95. The van der Waals surface area contributed by atoms with E-state index in [-0.39, 0.29) is 5.75 Å². The standard InChI is InChI=1S/C10H12O2.C2N2/c1-3-4-8-5-6-9(11)10(7-8)12-2;3-1-2-4/h3,5-7,11H,1,4H2,2H3;. The maximum absolute atomic E-state index is 9.25. The van der Waals surface area contributed by atoms with E-state index in [9.17, 15) is 5.11 Å². The molecule has 1 N–H and O–H groups in total. The number of phenols is 1. The number of hydrogen-bond donors (Lipinski definition) is 1. The molecule has 4 heteroatoms. The van der Waals surface area contributed by atoms with Crippen molar-refractivity contribution in [3.8, 4) is 23.6 Å². The third kappa shape index (κ3) is 4.69. The van der Waals surface area contributed by atoms with Crippen LogP contribution < -0.4 is 4.74 Å². The SMILES string of the molecule is C=CCc1ccc(O)c(OC)c1.N#CC#N. The number of rotatable bonds is 3. The summed E-state index contributed by atoms with van der Waals surface area (Å²) in [5, 5.41) is 23.8. The van der Waals surface area contributed by atoms with Crippen LogP contribution in [-0.2, 0) is 6.42 Å². The lowest BCUT2D eigenvalue weighted by Gasteiger charge is -2.04. The van der Waals surface area contributed by atoms with Crippen molar-refractivity contribution in [3.63, 3.8) is 0 Å². The number of allylic oxidation sites excluding steroid dienone is 1. The second-order valence-corrected chi connectivity index (χ2v) is 2.72. The monoisotopic (exact) mass is 216 g/mol. The highest BCUT2D eigenvalue weighted by molar-refractivity contribution is 5.42. The Morgan fingerprint density at radius 2 is 2.06 bits per heavy atom. The first-order valence-corrected chi connectivity index (χ1v) is 4.44. The number of ether oxygens (including phenoxy) is 1. The number of methoxy groups -OCH3 is 1. The molecule has 0 saturated heterocycles. The molecule has 1 rings (SSSR count). The van der Waals surface area contributed by atoms with Crippen LogP contribution in [0.2, 0.25) is 0 Å². The van der Waals surface area contributed by atoms with Gasteiger partial charge in [0.05, 0.1) is 7.11 Å². The van der Waals surface area contributed by atoms with Gasteiger partial charge >= 0.3 is 0 Å². The molecular formula is C12H12N2O2. The van der Waals surface area contributed by atoms with Gasteiger partial charge < -0.3 is 9.84 Å². The molecule has 1 aromatic rings. The first-order chi connectivity index (χ1) is 7.69.